The molecule has 0 N–H and O–H groups in total. The minimum atomic E-state index is -0.0492. The Kier molecular flexibility index (Phi) is 5.24. The molecule has 4 rings (SSSR count). The Morgan fingerprint density at radius 3 is 2.46 bits per heavy atom. The van der Waals surface area contributed by atoms with Gasteiger partial charge in [-0.25, -0.2) is 4.68 Å². The Labute approximate surface area is 166 Å². The van der Waals surface area contributed by atoms with Gasteiger partial charge in [-0.3, -0.25) is 9.69 Å². The van der Waals surface area contributed by atoms with Gasteiger partial charge in [0.25, 0.3) is 0 Å². The fourth-order valence-corrected chi connectivity index (χ4v) is 3.95. The smallest absolute Gasteiger partial charge is 0.231 e. The topological polar surface area (TPSA) is 51.0 Å². The van der Waals surface area contributed by atoms with Gasteiger partial charge in [0, 0.05) is 6.42 Å². The molecule has 0 spiro atoms. The maximum Gasteiger partial charge on any atom is 0.231 e. The van der Waals surface area contributed by atoms with Crippen molar-refractivity contribution in [2.45, 2.75) is 51.6 Å². The van der Waals surface area contributed by atoms with Crippen LogP contribution in [0.2, 0.25) is 0 Å². The van der Waals surface area contributed by atoms with E-state index in [0.29, 0.717) is 12.4 Å². The second-order valence-corrected chi connectivity index (χ2v) is 7.46. The molecule has 1 aromatic heterocycles. The first-order valence-electron chi connectivity index (χ1n) is 10.0. The van der Waals surface area contributed by atoms with Crippen molar-refractivity contribution in [3.8, 4) is 0 Å². The maximum absolute atomic E-state index is 13.2. The van der Waals surface area contributed by atoms with Crippen molar-refractivity contribution >= 4 is 11.9 Å². The molecule has 28 heavy (non-hydrogen) atoms. The number of hydrogen-bond acceptors (Lipinski definition) is 3. The van der Waals surface area contributed by atoms with E-state index in [1.165, 1.54) is 11.1 Å². The van der Waals surface area contributed by atoms with E-state index in [9.17, 15) is 4.79 Å². The van der Waals surface area contributed by atoms with Crippen LogP contribution in [-0.4, -0.2) is 20.7 Å². The minimum Gasteiger partial charge on any atom is -0.274 e. The van der Waals surface area contributed by atoms with E-state index in [1.54, 1.807) is 6.33 Å². The van der Waals surface area contributed by atoms with Gasteiger partial charge in [0.15, 0.2) is 0 Å². The van der Waals surface area contributed by atoms with Gasteiger partial charge < -0.3 is 0 Å². The molecule has 1 aliphatic rings. The summed E-state index contributed by atoms with van der Waals surface area (Å²) in [5.41, 5.74) is 3.55. The SMILES string of the molecule is CCCCC(=O)N1c2ncnn2[C@@H](c2ccccc2)C[C@H]1c1ccc(C)cc1. The van der Waals surface area contributed by atoms with Crippen LogP contribution in [0, 0.1) is 6.92 Å². The van der Waals surface area contributed by atoms with Crippen LogP contribution in [0.25, 0.3) is 0 Å². The van der Waals surface area contributed by atoms with Crippen LogP contribution in [-0.2, 0) is 4.79 Å². The number of amides is 1. The molecule has 0 bridgehead atoms. The standard InChI is InChI=1S/C23H26N4O/c1-3-4-10-22(28)26-20(19-13-11-17(2)12-14-19)15-21(18-8-6-5-7-9-18)27-23(26)24-16-25-27/h5-9,11-14,16,20-21H,3-4,10,15H2,1-2H3/t20-,21+/m0/s1. The van der Waals surface area contributed by atoms with Crippen molar-refractivity contribution in [3.05, 3.63) is 77.6 Å². The third-order valence-corrected chi connectivity index (χ3v) is 5.48. The van der Waals surface area contributed by atoms with E-state index in [1.807, 2.05) is 27.8 Å². The van der Waals surface area contributed by atoms with Crippen LogP contribution in [0.5, 0.6) is 0 Å². The largest absolute Gasteiger partial charge is 0.274 e. The molecule has 1 aliphatic heterocycles. The molecule has 144 valence electrons. The number of rotatable bonds is 5. The van der Waals surface area contributed by atoms with Crippen LogP contribution in [0.3, 0.4) is 0 Å². The second-order valence-electron chi connectivity index (χ2n) is 7.46. The molecule has 0 radical (unpaired) electrons. The lowest BCUT2D eigenvalue weighted by Gasteiger charge is -2.39. The number of benzene rings is 2. The highest BCUT2D eigenvalue weighted by atomic mass is 16.2. The first-order valence-corrected chi connectivity index (χ1v) is 10.0. The number of anilines is 1. The predicted molar refractivity (Wildman–Crippen MR) is 110 cm³/mol. The first kappa shape index (κ1) is 18.4. The molecule has 0 unspecified atom stereocenters. The molecule has 5 heteroatoms. The third kappa shape index (κ3) is 3.44. The van der Waals surface area contributed by atoms with Gasteiger partial charge in [-0.05, 0) is 30.9 Å². The highest BCUT2D eigenvalue weighted by molar-refractivity contribution is 5.92. The van der Waals surface area contributed by atoms with E-state index in [2.05, 4.69) is 60.3 Å². The van der Waals surface area contributed by atoms with Gasteiger partial charge >= 0.3 is 0 Å². The Balaban J connectivity index is 1.79. The van der Waals surface area contributed by atoms with E-state index in [-0.39, 0.29) is 18.0 Å². The zero-order valence-electron chi connectivity index (χ0n) is 16.5. The summed E-state index contributed by atoms with van der Waals surface area (Å²) in [4.78, 5) is 19.5. The lowest BCUT2D eigenvalue weighted by Crippen LogP contribution is -2.42. The minimum absolute atomic E-state index is 0.0492. The number of fused-ring (bicyclic) bond motifs is 1. The third-order valence-electron chi connectivity index (χ3n) is 5.48. The van der Waals surface area contributed by atoms with Gasteiger partial charge in [0.1, 0.15) is 6.33 Å². The number of unbranched alkanes of at least 4 members (excludes halogenated alkanes) is 1. The Morgan fingerprint density at radius 1 is 1.04 bits per heavy atom. The van der Waals surface area contributed by atoms with Crippen LogP contribution >= 0.6 is 0 Å². The molecule has 0 saturated carbocycles. The summed E-state index contributed by atoms with van der Waals surface area (Å²) in [7, 11) is 0. The van der Waals surface area contributed by atoms with Gasteiger partial charge in [-0.15, -0.1) is 0 Å². The fourth-order valence-electron chi connectivity index (χ4n) is 3.95. The van der Waals surface area contributed by atoms with Crippen LogP contribution in [0.1, 0.15) is 61.4 Å². The van der Waals surface area contributed by atoms with Crippen molar-refractivity contribution in [2.75, 3.05) is 4.90 Å². The molecular weight excluding hydrogens is 348 g/mol. The number of carbonyl (C=O) groups is 1. The summed E-state index contributed by atoms with van der Waals surface area (Å²) in [6.07, 6.45) is 4.74. The zero-order valence-corrected chi connectivity index (χ0v) is 16.5. The van der Waals surface area contributed by atoms with Gasteiger partial charge in [0.05, 0.1) is 12.1 Å². The van der Waals surface area contributed by atoms with Crippen molar-refractivity contribution in [2.24, 2.45) is 0 Å². The second kappa shape index (κ2) is 7.97. The van der Waals surface area contributed by atoms with Crippen molar-refractivity contribution < 1.29 is 4.79 Å². The molecule has 2 heterocycles. The highest BCUT2D eigenvalue weighted by Gasteiger charge is 2.38. The Hall–Kier alpha value is -2.95. The Morgan fingerprint density at radius 2 is 1.75 bits per heavy atom. The number of aromatic nitrogens is 3. The lowest BCUT2D eigenvalue weighted by molar-refractivity contribution is -0.119. The quantitative estimate of drug-likeness (QED) is 0.642. The predicted octanol–water partition coefficient (Wildman–Crippen LogP) is 4.84. The average Bonchev–Trinajstić information content (AvgIpc) is 3.21. The summed E-state index contributed by atoms with van der Waals surface area (Å²) in [5.74, 6) is 0.764. The number of nitrogens with zero attached hydrogens (tertiary/aromatic N) is 4. The molecule has 1 amide bonds. The summed E-state index contributed by atoms with van der Waals surface area (Å²) in [6.45, 7) is 4.19. The summed E-state index contributed by atoms with van der Waals surface area (Å²) in [6, 6.07) is 18.9. The highest BCUT2D eigenvalue weighted by Crippen LogP contribution is 2.42. The molecule has 0 aliphatic carbocycles. The molecule has 3 aromatic rings. The van der Waals surface area contributed by atoms with Crippen LogP contribution < -0.4 is 4.90 Å². The van der Waals surface area contributed by atoms with E-state index in [0.717, 1.165) is 24.8 Å². The summed E-state index contributed by atoms with van der Waals surface area (Å²) < 4.78 is 1.91. The van der Waals surface area contributed by atoms with Crippen molar-refractivity contribution in [1.29, 1.82) is 0 Å². The number of carbonyl (C=O) groups excluding carboxylic acids is 1. The molecule has 2 atom stereocenters. The van der Waals surface area contributed by atoms with Crippen molar-refractivity contribution in [1.82, 2.24) is 14.8 Å². The van der Waals surface area contributed by atoms with Crippen LogP contribution in [0.4, 0.5) is 5.95 Å². The Bertz CT molecular complexity index is 933. The van der Waals surface area contributed by atoms with Gasteiger partial charge in [0.2, 0.25) is 11.9 Å². The van der Waals surface area contributed by atoms with E-state index in [4.69, 9.17) is 0 Å². The summed E-state index contributed by atoms with van der Waals surface area (Å²) in [5, 5.41) is 4.48. The van der Waals surface area contributed by atoms with Crippen molar-refractivity contribution in [3.63, 3.8) is 0 Å². The monoisotopic (exact) mass is 374 g/mol. The molecule has 0 saturated heterocycles. The molecular formula is C23H26N4O. The normalized spacial score (nSPS) is 18.7. The number of hydrogen-bond donors (Lipinski definition) is 0. The zero-order chi connectivity index (χ0) is 19.5. The average molecular weight is 374 g/mol. The van der Waals surface area contributed by atoms with E-state index >= 15 is 0 Å². The number of aryl methyl sites for hydroxylation is 1. The summed E-state index contributed by atoms with van der Waals surface area (Å²) >= 11 is 0. The van der Waals surface area contributed by atoms with Crippen LogP contribution in [0.15, 0.2) is 60.9 Å². The molecule has 2 aromatic carbocycles. The molecule has 5 nitrogen and oxygen atoms in total. The van der Waals surface area contributed by atoms with Gasteiger partial charge in [-0.2, -0.15) is 10.1 Å². The maximum atomic E-state index is 13.2. The molecule has 0 fully saturated rings. The fraction of sp³-hybridized carbons (Fsp3) is 0.348. The lowest BCUT2D eigenvalue weighted by atomic mass is 9.91. The van der Waals surface area contributed by atoms with E-state index < -0.39 is 0 Å². The van der Waals surface area contributed by atoms with Gasteiger partial charge in [-0.1, -0.05) is 73.5 Å². The first-order chi connectivity index (χ1) is 13.7.